The van der Waals surface area contributed by atoms with Gasteiger partial charge in [-0.2, -0.15) is 0 Å². The van der Waals surface area contributed by atoms with Gasteiger partial charge in [-0.05, 0) is 27.7 Å². The zero-order valence-electron chi connectivity index (χ0n) is 11.4. The molecule has 0 radical (unpaired) electrons. The van der Waals surface area contributed by atoms with E-state index in [-0.39, 0.29) is 0 Å². The molecule has 0 spiro atoms. The van der Waals surface area contributed by atoms with Crippen molar-refractivity contribution in [1.29, 1.82) is 0 Å². The van der Waals surface area contributed by atoms with Gasteiger partial charge in [0, 0.05) is 32.9 Å². The maximum atomic E-state index is 9.49. The summed E-state index contributed by atoms with van der Waals surface area (Å²) in [5.74, 6) is 0. The number of hydrogen-bond donors (Lipinski definition) is 2. The van der Waals surface area contributed by atoms with Crippen molar-refractivity contribution >= 4 is 14.9 Å². The molecule has 0 heterocycles. The van der Waals surface area contributed by atoms with Crippen LogP contribution in [0.4, 0.5) is 4.79 Å². The molecule has 0 fully saturated rings. The first-order valence-electron chi connectivity index (χ1n) is 5.84. The van der Waals surface area contributed by atoms with Crippen molar-refractivity contribution in [1.82, 2.24) is 5.32 Å². The van der Waals surface area contributed by atoms with Crippen molar-refractivity contribution in [2.75, 3.05) is 26.4 Å². The highest BCUT2D eigenvalue weighted by Crippen LogP contribution is 2.08. The van der Waals surface area contributed by atoms with Crippen LogP contribution in [0.1, 0.15) is 27.7 Å². The first-order chi connectivity index (χ1) is 7.95. The fraction of sp³-hybridized carbons (Fsp3) is 0.900. The lowest BCUT2D eigenvalue weighted by atomic mass is 10.8. The third-order valence-electron chi connectivity index (χ3n) is 1.55. The molecule has 0 aromatic heterocycles. The molecule has 0 unspecified atom stereocenters. The largest absolute Gasteiger partial charge is 0.497 e. The smallest absolute Gasteiger partial charge is 0.465 e. The van der Waals surface area contributed by atoms with Gasteiger partial charge in [-0.3, -0.25) is 0 Å². The first-order valence-corrected chi connectivity index (χ1v) is 8.06. The molecule has 7 heteroatoms. The Morgan fingerprint density at radius 1 is 1.06 bits per heavy atom. The fourth-order valence-electron chi connectivity index (χ4n) is 1.06. The van der Waals surface area contributed by atoms with Crippen molar-refractivity contribution in [2.45, 2.75) is 34.2 Å². The summed E-state index contributed by atoms with van der Waals surface area (Å²) in [5, 5.41) is 9.93. The highest BCUT2D eigenvalue weighted by molar-refractivity contribution is 6.59. The predicted octanol–water partition coefficient (Wildman–Crippen LogP) is 1.94. The molecule has 0 rings (SSSR count). The normalized spacial score (nSPS) is 10.4. The van der Waals surface area contributed by atoms with E-state index >= 15 is 0 Å². The summed E-state index contributed by atoms with van der Waals surface area (Å²) in [6, 6.07) is 0. The second-order valence-electron chi connectivity index (χ2n) is 3.00. The zero-order valence-corrected chi connectivity index (χ0v) is 12.4. The van der Waals surface area contributed by atoms with Crippen LogP contribution in [-0.2, 0) is 13.3 Å². The topological polar surface area (TPSA) is 77.0 Å². The minimum absolute atomic E-state index is 0.481. The Balaban J connectivity index is 0. The molecule has 0 aliphatic rings. The quantitative estimate of drug-likeness (QED) is 0.689. The predicted molar refractivity (Wildman–Crippen MR) is 68.2 cm³/mol. The average Bonchev–Trinajstić information content (AvgIpc) is 2.19. The second kappa shape index (κ2) is 11.8. The molecule has 6 nitrogen and oxygen atoms in total. The molecular weight excluding hydrogens is 242 g/mol. The number of rotatable bonds is 7. The molecule has 0 aromatic carbocycles. The lowest BCUT2D eigenvalue weighted by Gasteiger charge is -2.23. The van der Waals surface area contributed by atoms with Gasteiger partial charge in [-0.25, -0.2) is 4.79 Å². The molecule has 17 heavy (non-hydrogen) atoms. The third-order valence-corrected chi connectivity index (χ3v) is 3.99. The number of hydrogen-bond acceptors (Lipinski definition) is 4. The van der Waals surface area contributed by atoms with Crippen LogP contribution in [0.3, 0.4) is 0 Å². The maximum absolute atomic E-state index is 9.49. The standard InChI is InChI=1S/C7H18O3Si.C3H7NO2/c1-5-8-11(4,9-6-2)10-7-3;1-2-4-3(5)6/h5-7H2,1-4H3;4H,2H2,1H3,(H,5,6). The second-order valence-corrected chi connectivity index (χ2v) is 5.59. The van der Waals surface area contributed by atoms with E-state index < -0.39 is 14.9 Å². The van der Waals surface area contributed by atoms with E-state index in [2.05, 4.69) is 5.32 Å². The SMILES string of the molecule is CCNC(=O)O.CCO[Si](C)(OCC)OCC. The van der Waals surface area contributed by atoms with Gasteiger partial charge in [0.05, 0.1) is 0 Å². The van der Waals surface area contributed by atoms with Crippen LogP contribution in [0.5, 0.6) is 0 Å². The van der Waals surface area contributed by atoms with E-state index in [1.807, 2.05) is 27.3 Å². The summed E-state index contributed by atoms with van der Waals surface area (Å²) < 4.78 is 16.2. The Hall–Kier alpha value is -0.633. The summed E-state index contributed by atoms with van der Waals surface area (Å²) in [6.07, 6.45) is -0.961. The van der Waals surface area contributed by atoms with E-state index in [1.165, 1.54) is 0 Å². The molecule has 0 aliphatic heterocycles. The highest BCUT2D eigenvalue weighted by atomic mass is 28.4. The van der Waals surface area contributed by atoms with Crippen molar-refractivity contribution in [3.8, 4) is 0 Å². The van der Waals surface area contributed by atoms with Crippen LogP contribution in [0.25, 0.3) is 0 Å². The van der Waals surface area contributed by atoms with Gasteiger partial charge < -0.3 is 23.7 Å². The van der Waals surface area contributed by atoms with E-state index in [0.717, 1.165) is 0 Å². The molecule has 0 atom stereocenters. The van der Waals surface area contributed by atoms with Crippen LogP contribution in [0.15, 0.2) is 0 Å². The molecule has 1 amide bonds. The molecule has 104 valence electrons. The Morgan fingerprint density at radius 3 is 1.53 bits per heavy atom. The molecule has 0 aliphatic carbocycles. The summed E-state index contributed by atoms with van der Waals surface area (Å²) in [5.41, 5.74) is 0. The fourth-order valence-corrected chi connectivity index (χ4v) is 2.89. The third kappa shape index (κ3) is 13.3. The van der Waals surface area contributed by atoms with Crippen molar-refractivity contribution in [3.05, 3.63) is 0 Å². The van der Waals surface area contributed by atoms with Crippen LogP contribution < -0.4 is 5.32 Å². The van der Waals surface area contributed by atoms with Gasteiger partial charge in [0.1, 0.15) is 0 Å². The lowest BCUT2D eigenvalue weighted by Crippen LogP contribution is -2.42. The van der Waals surface area contributed by atoms with Gasteiger partial charge in [0.2, 0.25) is 0 Å². The van der Waals surface area contributed by atoms with Crippen molar-refractivity contribution in [2.24, 2.45) is 0 Å². The van der Waals surface area contributed by atoms with E-state index in [0.29, 0.717) is 26.4 Å². The zero-order chi connectivity index (χ0) is 13.7. The van der Waals surface area contributed by atoms with E-state index in [1.54, 1.807) is 6.92 Å². The maximum Gasteiger partial charge on any atom is 0.497 e. The Bertz CT molecular complexity index is 175. The van der Waals surface area contributed by atoms with Gasteiger partial charge in [0.25, 0.3) is 0 Å². The van der Waals surface area contributed by atoms with Gasteiger partial charge in [0.15, 0.2) is 0 Å². The Labute approximate surface area is 105 Å². The number of carboxylic acid groups (broad SMARTS) is 1. The van der Waals surface area contributed by atoms with Gasteiger partial charge in [-0.15, -0.1) is 0 Å². The first kappa shape index (κ1) is 18.7. The molecule has 0 saturated heterocycles. The average molecular weight is 267 g/mol. The number of amides is 1. The molecule has 2 N–H and O–H groups in total. The molecular formula is C10H25NO5Si. The lowest BCUT2D eigenvalue weighted by molar-refractivity contribution is 0.0783. The summed E-state index contributed by atoms with van der Waals surface area (Å²) in [7, 11) is -2.25. The summed E-state index contributed by atoms with van der Waals surface area (Å²) in [6.45, 7) is 11.9. The minimum atomic E-state index is -2.25. The van der Waals surface area contributed by atoms with Gasteiger partial charge >= 0.3 is 14.9 Å². The van der Waals surface area contributed by atoms with E-state index in [4.69, 9.17) is 18.4 Å². The summed E-state index contributed by atoms with van der Waals surface area (Å²) in [4.78, 5) is 9.49. The van der Waals surface area contributed by atoms with Crippen LogP contribution in [0, 0.1) is 0 Å². The highest BCUT2D eigenvalue weighted by Gasteiger charge is 2.32. The minimum Gasteiger partial charge on any atom is -0.465 e. The van der Waals surface area contributed by atoms with Crippen LogP contribution >= 0.6 is 0 Å². The van der Waals surface area contributed by atoms with Crippen molar-refractivity contribution in [3.63, 3.8) is 0 Å². The summed E-state index contributed by atoms with van der Waals surface area (Å²) >= 11 is 0. The Morgan fingerprint density at radius 2 is 1.41 bits per heavy atom. The molecule has 0 bridgehead atoms. The number of carbonyl (C=O) groups is 1. The van der Waals surface area contributed by atoms with Gasteiger partial charge in [-0.1, -0.05) is 0 Å². The Kier molecular flexibility index (Phi) is 13.0. The monoisotopic (exact) mass is 267 g/mol. The molecule has 0 aromatic rings. The van der Waals surface area contributed by atoms with E-state index in [9.17, 15) is 4.79 Å². The van der Waals surface area contributed by atoms with Crippen LogP contribution in [0.2, 0.25) is 6.55 Å². The van der Waals surface area contributed by atoms with Crippen molar-refractivity contribution < 1.29 is 23.2 Å². The molecule has 0 saturated carbocycles. The number of nitrogens with one attached hydrogen (secondary N) is 1. The van der Waals surface area contributed by atoms with Crippen LogP contribution in [-0.4, -0.2) is 46.4 Å².